The number of rotatable bonds is 4. The van der Waals surface area contributed by atoms with E-state index in [4.69, 9.17) is 14.2 Å². The second-order valence-corrected chi connectivity index (χ2v) is 7.96. The van der Waals surface area contributed by atoms with Crippen molar-refractivity contribution >= 4 is 33.4 Å². The summed E-state index contributed by atoms with van der Waals surface area (Å²) in [6, 6.07) is 9.07. The number of aryl methyl sites for hydroxylation is 2. The molecule has 2 heterocycles. The molecule has 8 heteroatoms. The van der Waals surface area contributed by atoms with Gasteiger partial charge in [0, 0.05) is 5.56 Å². The van der Waals surface area contributed by atoms with Crippen LogP contribution in [0.5, 0.6) is 11.5 Å². The predicted octanol–water partition coefficient (Wildman–Crippen LogP) is 3.40. The van der Waals surface area contributed by atoms with Crippen LogP contribution in [0.2, 0.25) is 0 Å². The van der Waals surface area contributed by atoms with Gasteiger partial charge in [-0.1, -0.05) is 17.4 Å². The van der Waals surface area contributed by atoms with Crippen molar-refractivity contribution in [1.29, 1.82) is 0 Å². The Morgan fingerprint density at radius 3 is 2.67 bits per heavy atom. The van der Waals surface area contributed by atoms with Gasteiger partial charge < -0.3 is 18.8 Å². The zero-order valence-corrected chi connectivity index (χ0v) is 17.9. The smallest absolute Gasteiger partial charge is 0.326 e. The molecule has 1 aliphatic heterocycles. The Bertz CT molecular complexity index is 1210. The van der Waals surface area contributed by atoms with Crippen LogP contribution < -0.4 is 14.3 Å². The van der Waals surface area contributed by atoms with E-state index in [2.05, 4.69) is 11.1 Å². The van der Waals surface area contributed by atoms with Crippen molar-refractivity contribution in [2.24, 2.45) is 4.99 Å². The molecule has 0 unspecified atom stereocenters. The minimum atomic E-state index is -0.412. The Balaban J connectivity index is 1.80. The van der Waals surface area contributed by atoms with E-state index in [0.717, 1.165) is 21.3 Å². The molecule has 0 atom stereocenters. The van der Waals surface area contributed by atoms with Gasteiger partial charge in [-0.25, -0.2) is 0 Å². The normalized spacial score (nSPS) is 13.5. The fourth-order valence-corrected chi connectivity index (χ4v) is 4.49. The van der Waals surface area contributed by atoms with Crippen molar-refractivity contribution in [2.75, 3.05) is 19.8 Å². The molecule has 0 bridgehead atoms. The lowest BCUT2D eigenvalue weighted by Crippen LogP contribution is -2.23. The van der Waals surface area contributed by atoms with Crippen LogP contribution in [-0.4, -0.2) is 36.3 Å². The van der Waals surface area contributed by atoms with Gasteiger partial charge in [0.05, 0.1) is 16.8 Å². The number of hydrogen-bond acceptors (Lipinski definition) is 6. The van der Waals surface area contributed by atoms with Crippen LogP contribution in [0.1, 0.15) is 28.4 Å². The summed E-state index contributed by atoms with van der Waals surface area (Å²) in [6.45, 7) is 6.98. The number of ether oxygens (including phenoxy) is 3. The van der Waals surface area contributed by atoms with Gasteiger partial charge in [0.15, 0.2) is 16.3 Å². The number of esters is 1. The first-order chi connectivity index (χ1) is 14.5. The number of amides is 1. The first kappa shape index (κ1) is 20.2. The van der Waals surface area contributed by atoms with E-state index in [0.29, 0.717) is 41.7 Å². The van der Waals surface area contributed by atoms with Crippen LogP contribution in [0, 0.1) is 13.8 Å². The molecule has 0 radical (unpaired) electrons. The first-order valence-electron chi connectivity index (χ1n) is 9.71. The van der Waals surface area contributed by atoms with Crippen LogP contribution in [0.4, 0.5) is 0 Å². The average Bonchev–Trinajstić information content (AvgIpc) is 3.05. The van der Waals surface area contributed by atoms with Gasteiger partial charge in [0.25, 0.3) is 5.91 Å². The molecule has 2 aromatic carbocycles. The van der Waals surface area contributed by atoms with Gasteiger partial charge >= 0.3 is 5.97 Å². The highest BCUT2D eigenvalue weighted by Gasteiger charge is 2.17. The van der Waals surface area contributed by atoms with E-state index in [-0.39, 0.29) is 12.5 Å². The summed E-state index contributed by atoms with van der Waals surface area (Å²) in [4.78, 5) is 29.9. The molecule has 1 aliphatic rings. The van der Waals surface area contributed by atoms with Crippen molar-refractivity contribution in [1.82, 2.24) is 4.57 Å². The van der Waals surface area contributed by atoms with E-state index < -0.39 is 5.91 Å². The highest BCUT2D eigenvalue weighted by atomic mass is 32.1. The summed E-state index contributed by atoms with van der Waals surface area (Å²) in [5.41, 5.74) is 3.40. The molecule has 0 fully saturated rings. The number of carbonyl (C=O) groups is 2. The predicted molar refractivity (Wildman–Crippen MR) is 113 cm³/mol. The molecular weight excluding hydrogens is 404 g/mol. The van der Waals surface area contributed by atoms with Gasteiger partial charge in [-0.2, -0.15) is 4.99 Å². The number of fused-ring (bicyclic) bond motifs is 2. The molecule has 4 rings (SSSR count). The third-order valence-corrected chi connectivity index (χ3v) is 5.92. The Hall–Kier alpha value is -3.13. The number of nitrogens with zero attached hydrogens (tertiary/aromatic N) is 2. The number of hydrogen-bond donors (Lipinski definition) is 0. The second-order valence-electron chi connectivity index (χ2n) is 6.98. The quantitative estimate of drug-likeness (QED) is 0.598. The van der Waals surface area contributed by atoms with Gasteiger partial charge in [-0.15, -0.1) is 0 Å². The number of carbonyl (C=O) groups excluding carboxylic acids is 2. The summed E-state index contributed by atoms with van der Waals surface area (Å²) in [7, 11) is 0. The molecule has 3 aromatic rings. The molecule has 7 nitrogen and oxygen atoms in total. The standard InChI is InChI=1S/C22H22N2O5S/c1-4-27-19(25)12-24-16-10-13(2)9-14(3)20(16)30-22(24)23-21(26)15-5-6-17-18(11-15)29-8-7-28-17/h5-6,9-11H,4,7-8,12H2,1-3H3. The largest absolute Gasteiger partial charge is 0.486 e. The van der Waals surface area contributed by atoms with Crippen molar-refractivity contribution < 1.29 is 23.8 Å². The summed E-state index contributed by atoms with van der Waals surface area (Å²) in [5, 5.41) is 0. The topological polar surface area (TPSA) is 79.1 Å². The van der Waals surface area contributed by atoms with Crippen molar-refractivity contribution in [3.63, 3.8) is 0 Å². The Kier molecular flexibility index (Phi) is 5.59. The SMILES string of the molecule is CCOC(=O)Cn1c(=NC(=O)c2ccc3c(c2)OCCO3)sc2c(C)cc(C)cc21. The lowest BCUT2D eigenvalue weighted by molar-refractivity contribution is -0.143. The number of benzene rings is 2. The fourth-order valence-electron chi connectivity index (χ4n) is 3.41. The molecule has 0 saturated carbocycles. The minimum absolute atomic E-state index is 0.00993. The number of thiazole rings is 1. The first-order valence-corrected chi connectivity index (χ1v) is 10.5. The second kappa shape index (κ2) is 8.31. The molecule has 0 saturated heterocycles. The third-order valence-electron chi connectivity index (χ3n) is 4.69. The maximum absolute atomic E-state index is 12.9. The zero-order chi connectivity index (χ0) is 21.3. The fraction of sp³-hybridized carbons (Fsp3) is 0.318. The van der Waals surface area contributed by atoms with E-state index in [1.165, 1.54) is 11.3 Å². The maximum Gasteiger partial charge on any atom is 0.326 e. The monoisotopic (exact) mass is 426 g/mol. The van der Waals surface area contributed by atoms with Gasteiger partial charge in [-0.05, 0) is 56.2 Å². The average molecular weight is 426 g/mol. The number of aromatic nitrogens is 1. The van der Waals surface area contributed by atoms with Crippen molar-refractivity contribution in [3.8, 4) is 11.5 Å². The van der Waals surface area contributed by atoms with Crippen molar-refractivity contribution in [3.05, 3.63) is 51.8 Å². The lowest BCUT2D eigenvalue weighted by Gasteiger charge is -2.18. The van der Waals surface area contributed by atoms with Crippen LogP contribution in [0.15, 0.2) is 35.3 Å². The van der Waals surface area contributed by atoms with E-state index in [9.17, 15) is 9.59 Å². The third kappa shape index (κ3) is 3.95. The van der Waals surface area contributed by atoms with Crippen LogP contribution >= 0.6 is 11.3 Å². The molecule has 0 spiro atoms. The summed E-state index contributed by atoms with van der Waals surface area (Å²) < 4.78 is 18.9. The Labute approximate surface area is 177 Å². The highest BCUT2D eigenvalue weighted by Crippen LogP contribution is 2.31. The van der Waals surface area contributed by atoms with Gasteiger partial charge in [0.2, 0.25) is 0 Å². The minimum Gasteiger partial charge on any atom is -0.486 e. The van der Waals surface area contributed by atoms with E-state index in [1.54, 1.807) is 29.7 Å². The molecular formula is C22H22N2O5S. The summed E-state index contributed by atoms with van der Waals surface area (Å²) in [6.07, 6.45) is 0. The maximum atomic E-state index is 12.9. The lowest BCUT2D eigenvalue weighted by atomic mass is 10.1. The molecule has 156 valence electrons. The van der Waals surface area contributed by atoms with E-state index in [1.807, 2.05) is 19.9 Å². The molecule has 30 heavy (non-hydrogen) atoms. The van der Waals surface area contributed by atoms with E-state index >= 15 is 0 Å². The van der Waals surface area contributed by atoms with Crippen LogP contribution in [0.3, 0.4) is 0 Å². The van der Waals surface area contributed by atoms with Crippen LogP contribution in [0.25, 0.3) is 10.2 Å². The molecule has 0 N–H and O–H groups in total. The van der Waals surface area contributed by atoms with Crippen molar-refractivity contribution in [2.45, 2.75) is 27.3 Å². The summed E-state index contributed by atoms with van der Waals surface area (Å²) in [5.74, 6) is 0.364. The highest BCUT2D eigenvalue weighted by molar-refractivity contribution is 7.16. The summed E-state index contributed by atoms with van der Waals surface area (Å²) >= 11 is 1.38. The van der Waals surface area contributed by atoms with Crippen LogP contribution in [-0.2, 0) is 16.1 Å². The van der Waals surface area contributed by atoms with Gasteiger partial charge in [-0.3, -0.25) is 9.59 Å². The van der Waals surface area contributed by atoms with Gasteiger partial charge in [0.1, 0.15) is 19.8 Å². The molecule has 0 aliphatic carbocycles. The molecule has 1 amide bonds. The Morgan fingerprint density at radius 2 is 1.90 bits per heavy atom. The Morgan fingerprint density at radius 1 is 1.13 bits per heavy atom. The molecule has 1 aromatic heterocycles. The zero-order valence-electron chi connectivity index (χ0n) is 17.1.